The summed E-state index contributed by atoms with van der Waals surface area (Å²) in [5, 5.41) is 13.6. The lowest BCUT2D eigenvalue weighted by atomic mass is 9.97. The van der Waals surface area contributed by atoms with Gasteiger partial charge in [0.15, 0.2) is 6.61 Å². The third-order valence-corrected chi connectivity index (χ3v) is 4.33. The van der Waals surface area contributed by atoms with Gasteiger partial charge in [0, 0.05) is 17.8 Å². The Balaban J connectivity index is 2.07. The fraction of sp³-hybridized carbons (Fsp3) is 0.300. The van der Waals surface area contributed by atoms with Crippen LogP contribution in [0.3, 0.4) is 0 Å². The average molecular weight is 386 g/mol. The van der Waals surface area contributed by atoms with E-state index in [-0.39, 0.29) is 22.9 Å². The minimum atomic E-state index is -0.883. The topological polar surface area (TPSA) is 108 Å². The maximum Gasteiger partial charge on any atom is 0.342 e. The number of nitrogens with one attached hydrogen (secondary N) is 1. The molecule has 2 aromatic rings. The van der Waals surface area contributed by atoms with Crippen LogP contribution in [-0.4, -0.2) is 30.5 Å². The number of nitrogens with zero attached hydrogens (tertiary/aromatic N) is 1. The zero-order chi connectivity index (χ0) is 20.7. The van der Waals surface area contributed by atoms with E-state index in [1.807, 2.05) is 18.2 Å². The summed E-state index contributed by atoms with van der Waals surface area (Å²) in [5.41, 5.74) is 1.25. The molecule has 8 nitrogen and oxygen atoms in total. The second-order valence-corrected chi connectivity index (χ2v) is 6.16. The first-order valence-corrected chi connectivity index (χ1v) is 8.75. The van der Waals surface area contributed by atoms with Crippen LogP contribution in [-0.2, 0) is 9.53 Å². The number of amides is 1. The SMILES string of the molecule is CC[C@@H](C)c1ccccc1NC(=O)COC(=O)c1cc([N+](=O)[O-])ccc1OC. The van der Waals surface area contributed by atoms with Gasteiger partial charge in [-0.3, -0.25) is 14.9 Å². The van der Waals surface area contributed by atoms with E-state index in [0.29, 0.717) is 5.69 Å². The number of non-ortho nitro benzene ring substituents is 1. The Labute approximate surface area is 162 Å². The number of carbonyl (C=O) groups excluding carboxylic acids is 2. The van der Waals surface area contributed by atoms with Crippen LogP contribution in [0, 0.1) is 10.1 Å². The number of hydrogen-bond donors (Lipinski definition) is 1. The van der Waals surface area contributed by atoms with Crippen molar-refractivity contribution in [1.29, 1.82) is 0 Å². The molecule has 0 aliphatic heterocycles. The van der Waals surface area contributed by atoms with E-state index < -0.39 is 23.4 Å². The van der Waals surface area contributed by atoms with Crippen molar-refractivity contribution in [2.24, 2.45) is 0 Å². The maximum absolute atomic E-state index is 12.3. The smallest absolute Gasteiger partial charge is 0.342 e. The number of ether oxygens (including phenoxy) is 2. The maximum atomic E-state index is 12.3. The number of methoxy groups -OCH3 is 1. The Morgan fingerprint density at radius 1 is 1.21 bits per heavy atom. The van der Waals surface area contributed by atoms with Crippen molar-refractivity contribution in [1.82, 2.24) is 0 Å². The van der Waals surface area contributed by atoms with E-state index in [2.05, 4.69) is 19.2 Å². The number of anilines is 1. The number of esters is 1. The lowest BCUT2D eigenvalue weighted by molar-refractivity contribution is -0.384. The Kier molecular flexibility index (Phi) is 7.08. The van der Waals surface area contributed by atoms with Gasteiger partial charge in [-0.05, 0) is 30.0 Å². The normalized spacial score (nSPS) is 11.4. The summed E-state index contributed by atoms with van der Waals surface area (Å²) in [4.78, 5) is 34.8. The van der Waals surface area contributed by atoms with Crippen molar-refractivity contribution < 1.29 is 24.0 Å². The zero-order valence-corrected chi connectivity index (χ0v) is 15.9. The van der Waals surface area contributed by atoms with Crippen molar-refractivity contribution in [3.05, 3.63) is 63.7 Å². The summed E-state index contributed by atoms with van der Waals surface area (Å²) in [6, 6.07) is 11.0. The van der Waals surface area contributed by atoms with Gasteiger partial charge in [0.2, 0.25) is 0 Å². The van der Waals surface area contributed by atoms with E-state index >= 15 is 0 Å². The molecule has 1 atom stereocenters. The fourth-order valence-corrected chi connectivity index (χ4v) is 2.62. The van der Waals surface area contributed by atoms with Gasteiger partial charge in [-0.25, -0.2) is 4.79 Å². The van der Waals surface area contributed by atoms with Gasteiger partial charge in [0.1, 0.15) is 11.3 Å². The first-order valence-electron chi connectivity index (χ1n) is 8.75. The number of nitro benzene ring substituents is 1. The highest BCUT2D eigenvalue weighted by Gasteiger charge is 2.20. The third kappa shape index (κ3) is 5.06. The van der Waals surface area contributed by atoms with Gasteiger partial charge in [-0.1, -0.05) is 32.0 Å². The van der Waals surface area contributed by atoms with Crippen molar-refractivity contribution in [2.75, 3.05) is 19.0 Å². The molecule has 148 valence electrons. The van der Waals surface area contributed by atoms with E-state index in [4.69, 9.17) is 9.47 Å². The summed E-state index contributed by atoms with van der Waals surface area (Å²) in [7, 11) is 1.33. The Morgan fingerprint density at radius 3 is 2.57 bits per heavy atom. The van der Waals surface area contributed by atoms with Crippen molar-refractivity contribution in [3.8, 4) is 5.75 Å². The first-order chi connectivity index (χ1) is 13.4. The molecule has 0 spiro atoms. The van der Waals surface area contributed by atoms with E-state index in [9.17, 15) is 19.7 Å². The highest BCUT2D eigenvalue weighted by molar-refractivity contribution is 5.97. The number of para-hydroxylation sites is 1. The van der Waals surface area contributed by atoms with Crippen molar-refractivity contribution in [2.45, 2.75) is 26.2 Å². The first kappa shape index (κ1) is 20.9. The Hall–Kier alpha value is -3.42. The summed E-state index contributed by atoms with van der Waals surface area (Å²) in [6.45, 7) is 3.58. The average Bonchev–Trinajstić information content (AvgIpc) is 2.71. The highest BCUT2D eigenvalue weighted by Crippen LogP contribution is 2.27. The van der Waals surface area contributed by atoms with Crippen LogP contribution < -0.4 is 10.1 Å². The van der Waals surface area contributed by atoms with Gasteiger partial charge in [-0.15, -0.1) is 0 Å². The van der Waals surface area contributed by atoms with Gasteiger partial charge in [-0.2, -0.15) is 0 Å². The molecule has 1 amide bonds. The van der Waals surface area contributed by atoms with Crippen LogP contribution in [0.2, 0.25) is 0 Å². The third-order valence-electron chi connectivity index (χ3n) is 4.33. The molecule has 0 aliphatic rings. The molecule has 8 heteroatoms. The van der Waals surface area contributed by atoms with E-state index in [0.717, 1.165) is 18.1 Å². The molecule has 0 heterocycles. The molecule has 0 unspecified atom stereocenters. The summed E-state index contributed by atoms with van der Waals surface area (Å²) < 4.78 is 10.0. The van der Waals surface area contributed by atoms with Crippen LogP contribution in [0.1, 0.15) is 42.1 Å². The van der Waals surface area contributed by atoms with Gasteiger partial charge >= 0.3 is 5.97 Å². The monoisotopic (exact) mass is 386 g/mol. The predicted molar refractivity (Wildman–Crippen MR) is 104 cm³/mol. The standard InChI is InChI=1S/C20H22N2O6/c1-4-13(2)15-7-5-6-8-17(15)21-19(23)12-28-20(24)16-11-14(22(25)26)9-10-18(16)27-3/h5-11,13H,4,12H2,1-3H3,(H,21,23)/t13-/m1/s1. The molecule has 0 bridgehead atoms. The van der Waals surface area contributed by atoms with Crippen LogP contribution >= 0.6 is 0 Å². The molecule has 0 radical (unpaired) electrons. The molecule has 0 aliphatic carbocycles. The van der Waals surface area contributed by atoms with Gasteiger partial charge in [0.05, 0.1) is 12.0 Å². The molecule has 0 aromatic heterocycles. The highest BCUT2D eigenvalue weighted by atomic mass is 16.6. The quantitative estimate of drug-likeness (QED) is 0.419. The number of benzene rings is 2. The lowest BCUT2D eigenvalue weighted by Crippen LogP contribution is -2.22. The molecule has 28 heavy (non-hydrogen) atoms. The molecule has 0 saturated heterocycles. The van der Waals surface area contributed by atoms with Crippen molar-refractivity contribution in [3.63, 3.8) is 0 Å². The van der Waals surface area contributed by atoms with Crippen molar-refractivity contribution >= 4 is 23.3 Å². The van der Waals surface area contributed by atoms with Crippen LogP contribution in [0.25, 0.3) is 0 Å². The van der Waals surface area contributed by atoms with E-state index in [1.54, 1.807) is 6.07 Å². The van der Waals surface area contributed by atoms with Crippen LogP contribution in [0.5, 0.6) is 5.75 Å². The lowest BCUT2D eigenvalue weighted by Gasteiger charge is -2.15. The molecule has 2 aromatic carbocycles. The zero-order valence-electron chi connectivity index (χ0n) is 15.9. The van der Waals surface area contributed by atoms with Crippen LogP contribution in [0.4, 0.5) is 11.4 Å². The summed E-state index contributed by atoms with van der Waals surface area (Å²) in [5.74, 6) is -1.01. The molecule has 1 N–H and O–H groups in total. The molecule has 2 rings (SSSR count). The molecule has 0 saturated carbocycles. The number of hydrogen-bond acceptors (Lipinski definition) is 6. The largest absolute Gasteiger partial charge is 0.496 e. The van der Waals surface area contributed by atoms with E-state index in [1.165, 1.54) is 19.2 Å². The molecular weight excluding hydrogens is 364 g/mol. The summed E-state index contributed by atoms with van der Waals surface area (Å²) >= 11 is 0. The predicted octanol–water partition coefficient (Wildman–Crippen LogP) is 3.91. The van der Waals surface area contributed by atoms with Gasteiger partial charge in [0.25, 0.3) is 11.6 Å². The Morgan fingerprint density at radius 2 is 1.93 bits per heavy atom. The minimum absolute atomic E-state index is 0.121. The van der Waals surface area contributed by atoms with Gasteiger partial charge < -0.3 is 14.8 Å². The number of rotatable bonds is 8. The second kappa shape index (κ2) is 9.50. The number of carbonyl (C=O) groups is 2. The second-order valence-electron chi connectivity index (χ2n) is 6.16. The molecular formula is C20H22N2O6. The summed E-state index contributed by atoms with van der Waals surface area (Å²) in [6.07, 6.45) is 0.911. The molecule has 0 fully saturated rings. The Bertz CT molecular complexity index is 881. The van der Waals surface area contributed by atoms with Crippen LogP contribution in [0.15, 0.2) is 42.5 Å². The fourth-order valence-electron chi connectivity index (χ4n) is 2.62. The minimum Gasteiger partial charge on any atom is -0.496 e. The number of nitro groups is 1.